The van der Waals surface area contributed by atoms with Gasteiger partial charge >= 0.3 is 6.18 Å². The van der Waals surface area contributed by atoms with Gasteiger partial charge in [0.2, 0.25) is 0 Å². The number of anilines is 1. The monoisotopic (exact) mass is 542 g/mol. The summed E-state index contributed by atoms with van der Waals surface area (Å²) in [4.78, 5) is 43.0. The molecule has 2 aromatic rings. The third kappa shape index (κ3) is 6.01. The molecule has 1 saturated heterocycles. The number of nitrogens with zero attached hydrogens (tertiary/aromatic N) is 4. The Morgan fingerprint density at radius 2 is 1.64 bits per heavy atom. The Labute approximate surface area is 222 Å². The lowest BCUT2D eigenvalue weighted by atomic mass is 10.0. The molecular formula is C28H26F4N4O3. The first-order valence-corrected chi connectivity index (χ1v) is 12.5. The zero-order chi connectivity index (χ0) is 28.3. The summed E-state index contributed by atoms with van der Waals surface area (Å²) >= 11 is 0. The molecule has 3 amide bonds. The number of hydrogen-bond donors (Lipinski definition) is 0. The standard InChI is InChI=1S/C28H26F4N4O3/c1-18-23(27(39)36(25(18)37)22-10-7-20(17-33)24(16-22)28(30,31)32)4-2-3-11-34-12-14-35(15-13-34)26(38)19-5-8-21(29)9-6-19/h5-10,16H,2-4,11-15H2,1H3. The van der Waals surface area contributed by atoms with Gasteiger partial charge in [0.1, 0.15) is 5.82 Å². The lowest BCUT2D eigenvalue weighted by Gasteiger charge is -2.34. The fraction of sp³-hybridized carbons (Fsp3) is 0.357. The largest absolute Gasteiger partial charge is 0.417 e. The van der Waals surface area contributed by atoms with Crippen molar-refractivity contribution in [2.75, 3.05) is 37.6 Å². The lowest BCUT2D eigenvalue weighted by Crippen LogP contribution is -2.48. The number of amides is 3. The van der Waals surface area contributed by atoms with Crippen molar-refractivity contribution in [2.45, 2.75) is 32.4 Å². The Kier molecular flexibility index (Phi) is 8.16. The molecule has 0 atom stereocenters. The highest BCUT2D eigenvalue weighted by molar-refractivity contribution is 6.32. The maximum atomic E-state index is 13.4. The predicted molar refractivity (Wildman–Crippen MR) is 134 cm³/mol. The van der Waals surface area contributed by atoms with Crippen molar-refractivity contribution in [3.05, 3.63) is 76.1 Å². The highest BCUT2D eigenvalue weighted by atomic mass is 19.4. The zero-order valence-corrected chi connectivity index (χ0v) is 21.2. The third-order valence-corrected chi connectivity index (χ3v) is 7.03. The highest BCUT2D eigenvalue weighted by Gasteiger charge is 2.39. The molecule has 0 spiro atoms. The predicted octanol–water partition coefficient (Wildman–Crippen LogP) is 4.53. The number of carbonyl (C=O) groups is 3. The fourth-order valence-electron chi connectivity index (χ4n) is 4.80. The number of piperazine rings is 1. The molecule has 0 aromatic heterocycles. The van der Waals surface area contributed by atoms with Crippen molar-refractivity contribution in [1.82, 2.24) is 9.80 Å². The summed E-state index contributed by atoms with van der Waals surface area (Å²) in [5.41, 5.74) is -1.10. The second-order valence-electron chi connectivity index (χ2n) is 9.49. The van der Waals surface area contributed by atoms with E-state index in [1.165, 1.54) is 43.3 Å². The van der Waals surface area contributed by atoms with Gasteiger partial charge in [0.15, 0.2) is 0 Å². The molecule has 2 aromatic carbocycles. The van der Waals surface area contributed by atoms with Gasteiger partial charge in [-0.1, -0.05) is 0 Å². The number of rotatable bonds is 7. The van der Waals surface area contributed by atoms with E-state index in [1.807, 2.05) is 0 Å². The van der Waals surface area contributed by atoms with Crippen molar-refractivity contribution >= 4 is 23.4 Å². The van der Waals surface area contributed by atoms with Crippen LogP contribution in [0.15, 0.2) is 53.6 Å². The molecule has 2 aliphatic rings. The number of carbonyl (C=O) groups excluding carboxylic acids is 3. The van der Waals surface area contributed by atoms with E-state index in [1.54, 1.807) is 4.90 Å². The molecule has 2 aliphatic heterocycles. The molecule has 0 N–H and O–H groups in total. The number of halogens is 4. The fourth-order valence-corrected chi connectivity index (χ4v) is 4.80. The number of alkyl halides is 3. The van der Waals surface area contributed by atoms with Crippen LogP contribution in [-0.4, -0.2) is 60.2 Å². The average molecular weight is 543 g/mol. The van der Waals surface area contributed by atoms with Crippen molar-refractivity contribution in [3.8, 4) is 6.07 Å². The van der Waals surface area contributed by atoms with E-state index in [9.17, 15) is 31.9 Å². The van der Waals surface area contributed by atoms with E-state index < -0.39 is 34.9 Å². The van der Waals surface area contributed by atoms with E-state index in [-0.39, 0.29) is 22.7 Å². The first-order chi connectivity index (χ1) is 18.5. The quantitative estimate of drug-likeness (QED) is 0.292. The molecule has 204 valence electrons. The summed E-state index contributed by atoms with van der Waals surface area (Å²) in [7, 11) is 0. The van der Waals surface area contributed by atoms with Gasteiger partial charge in [0.05, 0.1) is 22.9 Å². The maximum absolute atomic E-state index is 13.4. The van der Waals surface area contributed by atoms with Gasteiger partial charge in [0.25, 0.3) is 17.7 Å². The molecule has 1 fully saturated rings. The molecule has 2 heterocycles. The van der Waals surface area contributed by atoms with E-state index in [2.05, 4.69) is 4.90 Å². The van der Waals surface area contributed by atoms with Gasteiger partial charge in [-0.3, -0.25) is 19.3 Å². The second kappa shape index (κ2) is 11.4. The highest BCUT2D eigenvalue weighted by Crippen LogP contribution is 2.36. The second-order valence-corrected chi connectivity index (χ2v) is 9.49. The number of benzene rings is 2. The normalized spacial score (nSPS) is 16.7. The number of imide groups is 1. The topological polar surface area (TPSA) is 84.7 Å². The Balaban J connectivity index is 1.29. The van der Waals surface area contributed by atoms with Crippen LogP contribution >= 0.6 is 0 Å². The Bertz CT molecular complexity index is 1350. The van der Waals surface area contributed by atoms with Crippen LogP contribution in [0.5, 0.6) is 0 Å². The lowest BCUT2D eigenvalue weighted by molar-refractivity contribution is -0.138. The zero-order valence-electron chi connectivity index (χ0n) is 21.2. The average Bonchev–Trinajstić information content (AvgIpc) is 3.13. The van der Waals surface area contributed by atoms with Crippen LogP contribution in [0, 0.1) is 17.1 Å². The summed E-state index contributed by atoms with van der Waals surface area (Å²) < 4.78 is 53.2. The minimum absolute atomic E-state index is 0.143. The molecule has 0 radical (unpaired) electrons. The van der Waals surface area contributed by atoms with Crippen LogP contribution in [0.1, 0.15) is 47.7 Å². The first-order valence-electron chi connectivity index (χ1n) is 12.5. The van der Waals surface area contributed by atoms with Crippen LogP contribution in [0.25, 0.3) is 0 Å². The summed E-state index contributed by atoms with van der Waals surface area (Å²) in [5, 5.41) is 9.00. The van der Waals surface area contributed by atoms with Crippen LogP contribution in [-0.2, 0) is 15.8 Å². The molecule has 0 bridgehead atoms. The van der Waals surface area contributed by atoms with Gasteiger partial charge in [-0.05, 0) is 75.2 Å². The van der Waals surface area contributed by atoms with Gasteiger partial charge in [-0.2, -0.15) is 18.4 Å². The smallest absolute Gasteiger partial charge is 0.336 e. The minimum atomic E-state index is -4.81. The first kappa shape index (κ1) is 28.0. The summed E-state index contributed by atoms with van der Waals surface area (Å²) in [6, 6.07) is 9.71. The molecule has 4 rings (SSSR count). The molecule has 0 unspecified atom stereocenters. The molecule has 7 nitrogen and oxygen atoms in total. The molecular weight excluding hydrogens is 516 g/mol. The van der Waals surface area contributed by atoms with Crippen molar-refractivity contribution in [1.29, 1.82) is 5.26 Å². The van der Waals surface area contributed by atoms with E-state index in [0.717, 1.165) is 23.9 Å². The number of unbranched alkanes of at least 4 members (excludes halogenated alkanes) is 1. The van der Waals surface area contributed by atoms with Gasteiger partial charge in [-0.25, -0.2) is 9.29 Å². The molecule has 0 saturated carbocycles. The minimum Gasteiger partial charge on any atom is -0.336 e. The molecule has 39 heavy (non-hydrogen) atoms. The van der Waals surface area contributed by atoms with E-state index >= 15 is 0 Å². The Morgan fingerprint density at radius 3 is 2.26 bits per heavy atom. The molecule has 11 heteroatoms. The third-order valence-electron chi connectivity index (χ3n) is 7.03. The SMILES string of the molecule is CC1=C(CCCCN2CCN(C(=O)c3ccc(F)cc3)CC2)C(=O)N(c2ccc(C#N)c(C(F)(F)F)c2)C1=O. The van der Waals surface area contributed by atoms with Gasteiger partial charge < -0.3 is 4.90 Å². The maximum Gasteiger partial charge on any atom is 0.417 e. The summed E-state index contributed by atoms with van der Waals surface area (Å²) in [5.74, 6) is -1.86. The number of nitriles is 1. The van der Waals surface area contributed by atoms with Crippen molar-refractivity contribution in [3.63, 3.8) is 0 Å². The van der Waals surface area contributed by atoms with Crippen LogP contribution in [0.3, 0.4) is 0 Å². The van der Waals surface area contributed by atoms with Crippen LogP contribution < -0.4 is 4.90 Å². The van der Waals surface area contributed by atoms with Gasteiger partial charge in [0, 0.05) is 42.9 Å². The summed E-state index contributed by atoms with van der Waals surface area (Å²) in [6.07, 6.45) is -3.19. The Hall–Kier alpha value is -4.04. The number of hydrogen-bond acceptors (Lipinski definition) is 5. The molecule has 0 aliphatic carbocycles. The van der Waals surface area contributed by atoms with E-state index in [0.29, 0.717) is 50.7 Å². The van der Waals surface area contributed by atoms with Gasteiger partial charge in [-0.15, -0.1) is 0 Å². The summed E-state index contributed by atoms with van der Waals surface area (Å²) in [6.45, 7) is 4.61. The van der Waals surface area contributed by atoms with E-state index in [4.69, 9.17) is 5.26 Å². The van der Waals surface area contributed by atoms with Crippen molar-refractivity contribution in [2.24, 2.45) is 0 Å². The Morgan fingerprint density at radius 1 is 0.974 bits per heavy atom. The van der Waals surface area contributed by atoms with Crippen LogP contribution in [0.2, 0.25) is 0 Å². The van der Waals surface area contributed by atoms with Crippen LogP contribution in [0.4, 0.5) is 23.2 Å². The van der Waals surface area contributed by atoms with Crippen molar-refractivity contribution < 1.29 is 31.9 Å².